The molecule has 2 aromatic rings. The van der Waals surface area contributed by atoms with Gasteiger partial charge in [0.2, 0.25) is 0 Å². The summed E-state index contributed by atoms with van der Waals surface area (Å²) in [5.74, 6) is 0.662. The zero-order valence-corrected chi connectivity index (χ0v) is 11.3. The van der Waals surface area contributed by atoms with Crippen molar-refractivity contribution in [2.24, 2.45) is 0 Å². The molecule has 0 aliphatic carbocycles. The van der Waals surface area contributed by atoms with Gasteiger partial charge < -0.3 is 4.74 Å². The normalized spacial score (nSPS) is 10.3. The van der Waals surface area contributed by atoms with E-state index >= 15 is 0 Å². The lowest BCUT2D eigenvalue weighted by molar-refractivity contribution is 0.0987. The molecule has 0 N–H and O–H groups in total. The molecule has 0 aliphatic rings. The van der Waals surface area contributed by atoms with Gasteiger partial charge in [-0.3, -0.25) is 9.78 Å². The predicted octanol–water partition coefficient (Wildman–Crippen LogP) is 2.53. The van der Waals surface area contributed by atoms with Gasteiger partial charge in [-0.25, -0.2) is 4.98 Å². The Bertz CT molecular complexity index is 592. The summed E-state index contributed by atoms with van der Waals surface area (Å²) in [4.78, 5) is 20.3. The predicted molar refractivity (Wildman–Crippen MR) is 72.5 cm³/mol. The first-order chi connectivity index (χ1) is 9.10. The molecule has 0 fully saturated rings. The summed E-state index contributed by atoms with van der Waals surface area (Å²) in [5.41, 5.74) is 3.15. The molecule has 19 heavy (non-hydrogen) atoms. The van der Waals surface area contributed by atoms with Crippen LogP contribution in [0.2, 0.25) is 0 Å². The minimum absolute atomic E-state index is 0.0589. The Morgan fingerprint density at radius 1 is 1.21 bits per heavy atom. The number of nitrogens with zero attached hydrogens (tertiary/aromatic N) is 2. The van der Waals surface area contributed by atoms with Crippen LogP contribution in [0.15, 0.2) is 30.6 Å². The molecule has 0 amide bonds. The maximum Gasteiger partial charge on any atom is 0.187 e. The lowest BCUT2D eigenvalue weighted by Crippen LogP contribution is -2.08. The van der Waals surface area contributed by atoms with Crippen LogP contribution in [0.5, 0.6) is 5.75 Å². The molecule has 4 nitrogen and oxygen atoms in total. The Hall–Kier alpha value is -2.23. The molecule has 4 heteroatoms. The molecule has 1 aromatic heterocycles. The zero-order valence-electron chi connectivity index (χ0n) is 11.3. The minimum Gasteiger partial charge on any atom is -0.496 e. The fourth-order valence-corrected chi connectivity index (χ4v) is 1.85. The van der Waals surface area contributed by atoms with Gasteiger partial charge >= 0.3 is 0 Å². The molecule has 0 aliphatic heterocycles. The second kappa shape index (κ2) is 5.61. The largest absolute Gasteiger partial charge is 0.496 e. The van der Waals surface area contributed by atoms with E-state index in [-0.39, 0.29) is 12.2 Å². The summed E-state index contributed by atoms with van der Waals surface area (Å²) in [7, 11) is 1.60. The van der Waals surface area contributed by atoms with E-state index in [9.17, 15) is 4.79 Å². The van der Waals surface area contributed by atoms with Crippen molar-refractivity contribution in [2.75, 3.05) is 7.11 Å². The van der Waals surface area contributed by atoms with Crippen molar-refractivity contribution in [1.29, 1.82) is 0 Å². The second-order valence-electron chi connectivity index (χ2n) is 4.46. The first kappa shape index (κ1) is 13.2. The molecular weight excluding hydrogens is 240 g/mol. The zero-order chi connectivity index (χ0) is 13.8. The van der Waals surface area contributed by atoms with Gasteiger partial charge in [0.25, 0.3) is 0 Å². The van der Waals surface area contributed by atoms with Crippen LogP contribution in [0, 0.1) is 13.8 Å². The summed E-state index contributed by atoms with van der Waals surface area (Å²) < 4.78 is 5.27. The Morgan fingerprint density at radius 3 is 2.63 bits per heavy atom. The average molecular weight is 256 g/mol. The fraction of sp³-hybridized carbons (Fsp3) is 0.267. The van der Waals surface area contributed by atoms with Gasteiger partial charge in [0, 0.05) is 18.2 Å². The molecule has 2 rings (SSSR count). The molecule has 0 saturated heterocycles. The second-order valence-corrected chi connectivity index (χ2v) is 4.46. The fourth-order valence-electron chi connectivity index (χ4n) is 1.85. The van der Waals surface area contributed by atoms with E-state index < -0.39 is 0 Å². The number of carbonyl (C=O) groups excluding carboxylic acids is 1. The highest BCUT2D eigenvalue weighted by Crippen LogP contribution is 2.21. The maximum absolute atomic E-state index is 12.1. The number of hydrogen-bond donors (Lipinski definition) is 0. The quantitative estimate of drug-likeness (QED) is 0.789. The number of ether oxygens (including phenoxy) is 1. The standard InChI is InChI=1S/C15H16N2O2/c1-10-4-5-15(19-3)12(6-10)7-14(18)13-9-16-11(2)8-17-13/h4-6,8-9H,7H2,1-3H3. The van der Waals surface area contributed by atoms with Gasteiger partial charge in [-0.05, 0) is 19.9 Å². The molecule has 1 heterocycles. The highest BCUT2D eigenvalue weighted by molar-refractivity contribution is 5.95. The van der Waals surface area contributed by atoms with E-state index in [4.69, 9.17) is 4.74 Å². The summed E-state index contributed by atoms with van der Waals surface area (Å²) in [6, 6.07) is 5.79. The van der Waals surface area contributed by atoms with Crippen LogP contribution in [0.25, 0.3) is 0 Å². The SMILES string of the molecule is COc1ccc(C)cc1CC(=O)c1cnc(C)cn1. The third kappa shape index (κ3) is 3.16. The van der Waals surface area contributed by atoms with Crippen molar-refractivity contribution in [3.8, 4) is 5.75 Å². The highest BCUT2D eigenvalue weighted by atomic mass is 16.5. The lowest BCUT2D eigenvalue weighted by atomic mass is 10.0. The van der Waals surface area contributed by atoms with Crippen LogP contribution in [0.1, 0.15) is 27.3 Å². The third-order valence-electron chi connectivity index (χ3n) is 2.85. The molecule has 0 spiro atoms. The van der Waals surface area contributed by atoms with E-state index in [0.717, 1.165) is 22.6 Å². The number of aryl methyl sites for hydroxylation is 2. The Morgan fingerprint density at radius 2 is 2.00 bits per heavy atom. The number of ketones is 1. The summed E-state index contributed by atoms with van der Waals surface area (Å²) in [6.07, 6.45) is 3.38. The molecule has 0 saturated carbocycles. The van der Waals surface area contributed by atoms with Crippen LogP contribution in [0.4, 0.5) is 0 Å². The number of aromatic nitrogens is 2. The van der Waals surface area contributed by atoms with E-state index in [1.807, 2.05) is 32.0 Å². The monoisotopic (exact) mass is 256 g/mol. The number of rotatable bonds is 4. The van der Waals surface area contributed by atoms with Crippen LogP contribution < -0.4 is 4.74 Å². The molecule has 0 unspecified atom stereocenters. The summed E-state index contributed by atoms with van der Waals surface area (Å²) in [5, 5.41) is 0. The van der Waals surface area contributed by atoms with Crippen LogP contribution >= 0.6 is 0 Å². The molecular formula is C15H16N2O2. The first-order valence-electron chi connectivity index (χ1n) is 6.05. The van der Waals surface area contributed by atoms with E-state index in [1.54, 1.807) is 13.3 Å². The lowest BCUT2D eigenvalue weighted by Gasteiger charge is -2.08. The molecule has 0 atom stereocenters. The van der Waals surface area contributed by atoms with E-state index in [1.165, 1.54) is 6.20 Å². The number of hydrogen-bond acceptors (Lipinski definition) is 4. The number of Topliss-reactive ketones (excluding diaryl/α,β-unsaturated/α-hetero) is 1. The Kier molecular flexibility index (Phi) is 3.90. The van der Waals surface area contributed by atoms with Gasteiger partial charge in [-0.15, -0.1) is 0 Å². The highest BCUT2D eigenvalue weighted by Gasteiger charge is 2.12. The smallest absolute Gasteiger partial charge is 0.187 e. The molecule has 98 valence electrons. The van der Waals surface area contributed by atoms with Crippen molar-refractivity contribution in [2.45, 2.75) is 20.3 Å². The molecule has 0 bridgehead atoms. The van der Waals surface area contributed by atoms with Crippen molar-refractivity contribution in [3.05, 3.63) is 53.1 Å². The van der Waals surface area contributed by atoms with Gasteiger partial charge in [0.15, 0.2) is 5.78 Å². The minimum atomic E-state index is -0.0589. The van der Waals surface area contributed by atoms with E-state index in [2.05, 4.69) is 9.97 Å². The van der Waals surface area contributed by atoms with Gasteiger partial charge in [-0.1, -0.05) is 17.7 Å². The molecule has 1 aromatic carbocycles. The van der Waals surface area contributed by atoms with Crippen molar-refractivity contribution < 1.29 is 9.53 Å². The molecule has 0 radical (unpaired) electrons. The maximum atomic E-state index is 12.1. The van der Waals surface area contributed by atoms with E-state index in [0.29, 0.717) is 5.69 Å². The summed E-state index contributed by atoms with van der Waals surface area (Å²) in [6.45, 7) is 3.82. The van der Waals surface area contributed by atoms with Crippen LogP contribution in [-0.4, -0.2) is 22.9 Å². The van der Waals surface area contributed by atoms with Crippen molar-refractivity contribution >= 4 is 5.78 Å². The third-order valence-corrected chi connectivity index (χ3v) is 2.85. The Labute approximate surface area is 112 Å². The first-order valence-corrected chi connectivity index (χ1v) is 6.05. The number of benzene rings is 1. The van der Waals surface area contributed by atoms with Gasteiger partial charge in [-0.2, -0.15) is 0 Å². The topological polar surface area (TPSA) is 52.1 Å². The van der Waals surface area contributed by atoms with Crippen LogP contribution in [-0.2, 0) is 6.42 Å². The van der Waals surface area contributed by atoms with Crippen molar-refractivity contribution in [3.63, 3.8) is 0 Å². The number of carbonyl (C=O) groups is 1. The Balaban J connectivity index is 2.23. The van der Waals surface area contributed by atoms with Crippen molar-refractivity contribution in [1.82, 2.24) is 9.97 Å². The average Bonchev–Trinajstić information content (AvgIpc) is 2.39. The van der Waals surface area contributed by atoms with Crippen LogP contribution in [0.3, 0.4) is 0 Å². The van der Waals surface area contributed by atoms with Gasteiger partial charge in [0.1, 0.15) is 11.4 Å². The number of methoxy groups -OCH3 is 1. The summed E-state index contributed by atoms with van der Waals surface area (Å²) >= 11 is 0. The van der Waals surface area contributed by atoms with Gasteiger partial charge in [0.05, 0.1) is 19.0 Å².